The summed E-state index contributed by atoms with van der Waals surface area (Å²) < 4.78 is 39.9. The van der Waals surface area contributed by atoms with Gasteiger partial charge >= 0.3 is 6.18 Å². The normalized spacial score (nSPS) is 13.2. The summed E-state index contributed by atoms with van der Waals surface area (Å²) in [6, 6.07) is 12.5. The second kappa shape index (κ2) is 6.71. The Bertz CT molecular complexity index is 636. The lowest BCUT2D eigenvalue weighted by Gasteiger charge is -2.19. The third-order valence-electron chi connectivity index (χ3n) is 3.38. The maximum atomic E-state index is 13.3. The molecule has 5 heteroatoms. The molecule has 0 aliphatic carbocycles. The van der Waals surface area contributed by atoms with Crippen molar-refractivity contribution in [2.24, 2.45) is 0 Å². The molecule has 0 aliphatic heterocycles. The van der Waals surface area contributed by atoms with Crippen LogP contribution in [-0.2, 0) is 12.7 Å². The fraction of sp³-hybridized carbons (Fsp3) is 0.294. The van der Waals surface area contributed by atoms with Gasteiger partial charge in [0.1, 0.15) is 0 Å². The van der Waals surface area contributed by atoms with Gasteiger partial charge in [0.2, 0.25) is 0 Å². The molecule has 0 fully saturated rings. The molecular weight excluding hydrogens is 311 g/mol. The number of rotatable bonds is 4. The van der Waals surface area contributed by atoms with Crippen LogP contribution in [0.5, 0.6) is 0 Å². The Balaban J connectivity index is 2.52. The molecule has 0 saturated carbocycles. The van der Waals surface area contributed by atoms with Gasteiger partial charge in [-0.15, -0.1) is 11.6 Å². The van der Waals surface area contributed by atoms with Gasteiger partial charge in [0.15, 0.2) is 0 Å². The van der Waals surface area contributed by atoms with E-state index in [1.807, 2.05) is 30.3 Å². The minimum absolute atomic E-state index is 0.0705. The first kappa shape index (κ1) is 16.8. The van der Waals surface area contributed by atoms with Gasteiger partial charge in [0, 0.05) is 6.54 Å². The quantitative estimate of drug-likeness (QED) is 0.589. The number of hydrogen-bond donors (Lipinski definition) is 1. The average molecular weight is 328 g/mol. The van der Waals surface area contributed by atoms with Crippen molar-refractivity contribution in [1.29, 1.82) is 0 Å². The molecule has 1 atom stereocenters. The molecule has 0 radical (unpaired) electrons. The van der Waals surface area contributed by atoms with Gasteiger partial charge in [-0.2, -0.15) is 13.2 Å². The number of hydrogen-bond acceptors (Lipinski definition) is 1. The predicted molar refractivity (Wildman–Crippen MR) is 83.8 cm³/mol. The Kier molecular flexibility index (Phi) is 5.14. The van der Waals surface area contributed by atoms with Crippen molar-refractivity contribution in [3.63, 3.8) is 0 Å². The molecule has 1 unspecified atom stereocenters. The molecule has 1 nitrogen and oxygen atoms in total. The third-order valence-corrected chi connectivity index (χ3v) is 3.54. The summed E-state index contributed by atoms with van der Waals surface area (Å²) in [4.78, 5) is 0. The highest BCUT2D eigenvalue weighted by Crippen LogP contribution is 2.37. The van der Waals surface area contributed by atoms with E-state index in [-0.39, 0.29) is 17.7 Å². The van der Waals surface area contributed by atoms with Gasteiger partial charge in [-0.3, -0.25) is 5.32 Å². The second-order valence-electron chi connectivity index (χ2n) is 5.19. The SMILES string of the molecule is Cc1cc(-c2ccccc2)cc(CNC(C)Cl)c1C(F)(F)F. The lowest BCUT2D eigenvalue weighted by Crippen LogP contribution is -2.23. The topological polar surface area (TPSA) is 12.0 Å². The highest BCUT2D eigenvalue weighted by molar-refractivity contribution is 6.20. The van der Waals surface area contributed by atoms with Crippen LogP contribution in [0.25, 0.3) is 11.1 Å². The molecule has 0 saturated heterocycles. The van der Waals surface area contributed by atoms with E-state index < -0.39 is 17.2 Å². The van der Waals surface area contributed by atoms with Crippen LogP contribution in [0.3, 0.4) is 0 Å². The fourth-order valence-electron chi connectivity index (χ4n) is 2.45. The summed E-state index contributed by atoms with van der Waals surface area (Å²) in [7, 11) is 0. The molecule has 0 heterocycles. The van der Waals surface area contributed by atoms with Crippen LogP contribution in [-0.4, -0.2) is 5.50 Å². The minimum Gasteiger partial charge on any atom is -0.297 e. The summed E-state index contributed by atoms with van der Waals surface area (Å²) in [5.74, 6) is 0. The summed E-state index contributed by atoms with van der Waals surface area (Å²) in [6.45, 7) is 3.24. The number of halogens is 4. The molecule has 0 amide bonds. The number of alkyl halides is 4. The largest absolute Gasteiger partial charge is 0.416 e. The highest BCUT2D eigenvalue weighted by Gasteiger charge is 2.35. The van der Waals surface area contributed by atoms with Crippen molar-refractivity contribution in [1.82, 2.24) is 5.32 Å². The molecule has 0 aliphatic rings. The van der Waals surface area contributed by atoms with Crippen molar-refractivity contribution in [2.45, 2.75) is 32.1 Å². The molecule has 2 rings (SSSR count). The summed E-state index contributed by atoms with van der Waals surface area (Å²) in [5.41, 5.74) is 1.09. The van der Waals surface area contributed by atoms with Crippen molar-refractivity contribution in [2.75, 3.05) is 0 Å². The first-order valence-electron chi connectivity index (χ1n) is 6.92. The van der Waals surface area contributed by atoms with E-state index in [1.54, 1.807) is 19.1 Å². The summed E-state index contributed by atoms with van der Waals surface area (Å²) in [5, 5.41) is 2.85. The average Bonchev–Trinajstić information content (AvgIpc) is 2.44. The maximum Gasteiger partial charge on any atom is 0.416 e. The van der Waals surface area contributed by atoms with Gasteiger partial charge in [0.05, 0.1) is 11.1 Å². The minimum atomic E-state index is -4.38. The van der Waals surface area contributed by atoms with E-state index in [4.69, 9.17) is 11.6 Å². The highest BCUT2D eigenvalue weighted by atomic mass is 35.5. The zero-order valence-corrected chi connectivity index (χ0v) is 13.1. The molecule has 0 aromatic heterocycles. The summed E-state index contributed by atoms with van der Waals surface area (Å²) >= 11 is 5.80. The zero-order valence-electron chi connectivity index (χ0n) is 12.3. The molecule has 2 aromatic carbocycles. The Morgan fingerprint density at radius 2 is 1.73 bits per heavy atom. The Hall–Kier alpha value is -1.52. The Morgan fingerprint density at radius 1 is 1.09 bits per heavy atom. The van der Waals surface area contributed by atoms with Crippen LogP contribution < -0.4 is 5.32 Å². The van der Waals surface area contributed by atoms with Crippen molar-refractivity contribution in [3.05, 3.63) is 59.2 Å². The molecule has 1 N–H and O–H groups in total. The Labute approximate surface area is 133 Å². The fourth-order valence-corrected chi connectivity index (χ4v) is 2.53. The lowest BCUT2D eigenvalue weighted by atomic mass is 9.94. The third kappa shape index (κ3) is 4.02. The van der Waals surface area contributed by atoms with E-state index in [1.165, 1.54) is 6.92 Å². The standard InChI is InChI=1S/C17H17ClF3N/c1-11-8-14(13-6-4-3-5-7-13)9-15(10-22-12(2)18)16(11)17(19,20)21/h3-9,12,22H,10H2,1-2H3. The van der Waals surface area contributed by atoms with Crippen LogP contribution >= 0.6 is 11.6 Å². The van der Waals surface area contributed by atoms with E-state index in [9.17, 15) is 13.2 Å². The van der Waals surface area contributed by atoms with E-state index in [2.05, 4.69) is 5.32 Å². The van der Waals surface area contributed by atoms with Crippen molar-refractivity contribution < 1.29 is 13.2 Å². The molecule has 0 spiro atoms. The predicted octanol–water partition coefficient (Wildman–Crippen LogP) is 5.36. The first-order chi connectivity index (χ1) is 10.3. The first-order valence-corrected chi connectivity index (χ1v) is 7.36. The molecular formula is C17H17ClF3N. The van der Waals surface area contributed by atoms with Crippen LogP contribution in [0, 0.1) is 6.92 Å². The summed E-state index contributed by atoms with van der Waals surface area (Å²) in [6.07, 6.45) is -4.38. The number of benzene rings is 2. The lowest BCUT2D eigenvalue weighted by molar-refractivity contribution is -0.138. The van der Waals surface area contributed by atoms with Gasteiger partial charge in [0.25, 0.3) is 0 Å². The number of nitrogens with one attached hydrogen (secondary N) is 1. The van der Waals surface area contributed by atoms with E-state index in [0.29, 0.717) is 0 Å². The van der Waals surface area contributed by atoms with Crippen LogP contribution in [0.2, 0.25) is 0 Å². The molecule has 2 aromatic rings. The molecule has 0 bridgehead atoms. The van der Waals surface area contributed by atoms with Gasteiger partial charge < -0.3 is 0 Å². The van der Waals surface area contributed by atoms with Crippen molar-refractivity contribution >= 4 is 11.6 Å². The van der Waals surface area contributed by atoms with Crippen molar-refractivity contribution in [3.8, 4) is 11.1 Å². The van der Waals surface area contributed by atoms with Gasteiger partial charge in [-0.05, 0) is 42.2 Å². The smallest absolute Gasteiger partial charge is 0.297 e. The van der Waals surface area contributed by atoms with Gasteiger partial charge in [-0.25, -0.2) is 0 Å². The molecule has 22 heavy (non-hydrogen) atoms. The van der Waals surface area contributed by atoms with E-state index >= 15 is 0 Å². The Morgan fingerprint density at radius 3 is 2.27 bits per heavy atom. The zero-order chi connectivity index (χ0) is 16.3. The second-order valence-corrected chi connectivity index (χ2v) is 5.84. The van der Waals surface area contributed by atoms with Crippen LogP contribution in [0.1, 0.15) is 23.6 Å². The van der Waals surface area contributed by atoms with Crippen LogP contribution in [0.4, 0.5) is 13.2 Å². The number of aryl methyl sites for hydroxylation is 1. The van der Waals surface area contributed by atoms with E-state index in [0.717, 1.165) is 11.1 Å². The maximum absolute atomic E-state index is 13.3. The van der Waals surface area contributed by atoms with Crippen LogP contribution in [0.15, 0.2) is 42.5 Å². The molecule has 118 valence electrons. The van der Waals surface area contributed by atoms with Gasteiger partial charge in [-0.1, -0.05) is 36.4 Å². The monoisotopic (exact) mass is 327 g/mol.